The van der Waals surface area contributed by atoms with Gasteiger partial charge in [0.05, 0.1) is 19.4 Å². The fourth-order valence-corrected chi connectivity index (χ4v) is 3.23. The molecule has 1 aromatic carbocycles. The molecule has 3 N–H and O–H groups in total. The summed E-state index contributed by atoms with van der Waals surface area (Å²) in [7, 11) is 1.91. The number of carbonyl (C=O) groups excluding carboxylic acids is 1. The molecule has 10 heteroatoms. The van der Waals surface area contributed by atoms with Gasteiger partial charge < -0.3 is 25.4 Å². The Hall–Kier alpha value is -2.50. The molecule has 182 valence electrons. The number of guanidine groups is 1. The number of halogens is 1. The highest BCUT2D eigenvalue weighted by atomic mass is 127. The summed E-state index contributed by atoms with van der Waals surface area (Å²) < 4.78 is 13.3. The summed E-state index contributed by atoms with van der Waals surface area (Å²) in [6.07, 6.45) is 6.56. The van der Waals surface area contributed by atoms with Gasteiger partial charge in [-0.3, -0.25) is 9.48 Å². The molecular formula is C23H35IN6O3. The number of aliphatic imine (C=N–C) groups is 1. The number of hydrogen-bond donors (Lipinski definition) is 3. The summed E-state index contributed by atoms with van der Waals surface area (Å²) in [6.45, 7) is 7.84. The SMILES string of the molecule is Cn1cc(CCCNC(=NCC(=O)NC(C)(C)C)Nc2ccc3c(c2)OCCCO3)cn1.I. The lowest BCUT2D eigenvalue weighted by Crippen LogP contribution is -2.42. The highest BCUT2D eigenvalue weighted by Crippen LogP contribution is 2.32. The average Bonchev–Trinajstić information content (AvgIpc) is 2.99. The van der Waals surface area contributed by atoms with Crippen LogP contribution in [0, 0.1) is 0 Å². The number of aromatic nitrogens is 2. The van der Waals surface area contributed by atoms with Crippen molar-refractivity contribution in [3.63, 3.8) is 0 Å². The first-order chi connectivity index (χ1) is 15.3. The van der Waals surface area contributed by atoms with Gasteiger partial charge in [-0.15, -0.1) is 24.0 Å². The van der Waals surface area contributed by atoms with Crippen LogP contribution in [0.2, 0.25) is 0 Å². The average molecular weight is 570 g/mol. The van der Waals surface area contributed by atoms with E-state index in [-0.39, 0.29) is 42.0 Å². The first kappa shape index (κ1) is 26.7. The predicted molar refractivity (Wildman–Crippen MR) is 141 cm³/mol. The summed E-state index contributed by atoms with van der Waals surface area (Å²) in [4.78, 5) is 16.7. The van der Waals surface area contributed by atoms with E-state index in [4.69, 9.17) is 9.47 Å². The van der Waals surface area contributed by atoms with Crippen LogP contribution in [0.5, 0.6) is 11.5 Å². The lowest BCUT2D eigenvalue weighted by atomic mass is 10.1. The maximum Gasteiger partial charge on any atom is 0.242 e. The molecule has 3 rings (SSSR count). The van der Waals surface area contributed by atoms with Gasteiger partial charge in [0.25, 0.3) is 0 Å². The van der Waals surface area contributed by atoms with E-state index in [0.29, 0.717) is 31.5 Å². The molecule has 1 aliphatic heterocycles. The van der Waals surface area contributed by atoms with Crippen molar-refractivity contribution in [3.05, 3.63) is 36.2 Å². The third-order valence-corrected chi connectivity index (χ3v) is 4.60. The number of nitrogens with one attached hydrogen (secondary N) is 3. The van der Waals surface area contributed by atoms with Gasteiger partial charge in [0, 0.05) is 43.5 Å². The lowest BCUT2D eigenvalue weighted by Gasteiger charge is -2.20. The summed E-state index contributed by atoms with van der Waals surface area (Å²) >= 11 is 0. The van der Waals surface area contributed by atoms with Gasteiger partial charge in [-0.25, -0.2) is 4.99 Å². The molecule has 0 aliphatic carbocycles. The van der Waals surface area contributed by atoms with E-state index >= 15 is 0 Å². The van der Waals surface area contributed by atoms with Gasteiger partial charge in [-0.2, -0.15) is 5.10 Å². The Morgan fingerprint density at radius 1 is 1.21 bits per heavy atom. The van der Waals surface area contributed by atoms with Crippen LogP contribution in [0.3, 0.4) is 0 Å². The number of fused-ring (bicyclic) bond motifs is 1. The molecule has 0 saturated heterocycles. The number of rotatable bonds is 7. The van der Waals surface area contributed by atoms with Crippen LogP contribution >= 0.6 is 24.0 Å². The smallest absolute Gasteiger partial charge is 0.242 e. The van der Waals surface area contributed by atoms with Crippen molar-refractivity contribution in [2.45, 2.75) is 45.6 Å². The minimum atomic E-state index is -0.300. The van der Waals surface area contributed by atoms with Crippen LogP contribution in [0.4, 0.5) is 5.69 Å². The van der Waals surface area contributed by atoms with E-state index in [1.54, 1.807) is 4.68 Å². The molecule has 33 heavy (non-hydrogen) atoms. The minimum Gasteiger partial charge on any atom is -0.490 e. The van der Waals surface area contributed by atoms with E-state index in [2.05, 4.69) is 26.0 Å². The molecule has 2 heterocycles. The molecule has 0 fully saturated rings. The summed E-state index contributed by atoms with van der Waals surface area (Å²) in [6, 6.07) is 5.69. The van der Waals surface area contributed by atoms with Crippen molar-refractivity contribution in [3.8, 4) is 11.5 Å². The highest BCUT2D eigenvalue weighted by molar-refractivity contribution is 14.0. The molecule has 0 radical (unpaired) electrons. The maximum atomic E-state index is 12.2. The molecule has 0 saturated carbocycles. The highest BCUT2D eigenvalue weighted by Gasteiger charge is 2.14. The number of hydrogen-bond acceptors (Lipinski definition) is 5. The van der Waals surface area contributed by atoms with Gasteiger partial charge in [-0.1, -0.05) is 0 Å². The zero-order chi connectivity index (χ0) is 23.0. The van der Waals surface area contributed by atoms with E-state index in [1.807, 2.05) is 58.4 Å². The largest absolute Gasteiger partial charge is 0.490 e. The third kappa shape index (κ3) is 9.48. The summed E-state index contributed by atoms with van der Waals surface area (Å²) in [5.74, 6) is 1.84. The maximum absolute atomic E-state index is 12.2. The van der Waals surface area contributed by atoms with Crippen LogP contribution in [0.15, 0.2) is 35.6 Å². The van der Waals surface area contributed by atoms with Crippen molar-refractivity contribution in [2.24, 2.45) is 12.0 Å². The molecule has 0 spiro atoms. The normalized spacial score (nSPS) is 13.5. The standard InChI is InChI=1S/C23H34N6O3.HI/c1-23(2,3)28-21(30)15-25-22(24-10-5-7-17-14-26-29(4)16-17)27-18-8-9-19-20(13-18)32-12-6-11-31-19;/h8-9,13-14,16H,5-7,10-12,15H2,1-4H3,(H,28,30)(H2,24,25,27);1H. The van der Waals surface area contributed by atoms with Gasteiger partial charge in [0.15, 0.2) is 17.5 Å². The van der Waals surface area contributed by atoms with Gasteiger partial charge >= 0.3 is 0 Å². The topological polar surface area (TPSA) is 102 Å². The van der Waals surface area contributed by atoms with E-state index < -0.39 is 0 Å². The van der Waals surface area contributed by atoms with Gasteiger partial charge in [-0.05, 0) is 51.3 Å². The first-order valence-corrected chi connectivity index (χ1v) is 11.0. The van der Waals surface area contributed by atoms with Gasteiger partial charge in [0.1, 0.15) is 6.54 Å². The Morgan fingerprint density at radius 2 is 1.97 bits per heavy atom. The van der Waals surface area contributed by atoms with Crippen LogP contribution in [-0.4, -0.2) is 53.5 Å². The van der Waals surface area contributed by atoms with E-state index in [1.165, 1.54) is 5.56 Å². The number of benzene rings is 1. The molecule has 0 atom stereocenters. The van der Waals surface area contributed by atoms with Crippen molar-refractivity contribution in [1.82, 2.24) is 20.4 Å². The zero-order valence-electron chi connectivity index (χ0n) is 19.8. The van der Waals surface area contributed by atoms with Crippen LogP contribution < -0.4 is 25.4 Å². The number of ether oxygens (including phenoxy) is 2. The first-order valence-electron chi connectivity index (χ1n) is 11.0. The fourth-order valence-electron chi connectivity index (χ4n) is 3.23. The molecule has 1 aromatic heterocycles. The Morgan fingerprint density at radius 3 is 2.67 bits per heavy atom. The number of amides is 1. The second-order valence-electron chi connectivity index (χ2n) is 8.85. The zero-order valence-corrected chi connectivity index (χ0v) is 22.1. The molecule has 1 amide bonds. The summed E-state index contributed by atoms with van der Waals surface area (Å²) in [5, 5.41) is 13.7. The molecule has 0 unspecified atom stereocenters. The Balaban J connectivity index is 0.00000385. The number of anilines is 1. The van der Waals surface area contributed by atoms with Crippen LogP contribution in [0.1, 0.15) is 39.2 Å². The monoisotopic (exact) mass is 570 g/mol. The second-order valence-corrected chi connectivity index (χ2v) is 8.85. The summed E-state index contributed by atoms with van der Waals surface area (Å²) in [5.41, 5.74) is 1.70. The van der Waals surface area contributed by atoms with Crippen molar-refractivity contribution in [2.75, 3.05) is 31.6 Å². The van der Waals surface area contributed by atoms with Crippen molar-refractivity contribution >= 4 is 41.5 Å². The minimum absolute atomic E-state index is 0. The van der Waals surface area contributed by atoms with Crippen molar-refractivity contribution < 1.29 is 14.3 Å². The Kier molecular flexibility index (Phi) is 10.3. The molecule has 9 nitrogen and oxygen atoms in total. The number of carbonyl (C=O) groups is 1. The molecule has 0 bridgehead atoms. The van der Waals surface area contributed by atoms with E-state index in [0.717, 1.165) is 30.7 Å². The Bertz CT molecular complexity index is 939. The fraction of sp³-hybridized carbons (Fsp3) is 0.522. The lowest BCUT2D eigenvalue weighted by molar-refractivity contribution is -0.121. The van der Waals surface area contributed by atoms with E-state index in [9.17, 15) is 4.79 Å². The molecular weight excluding hydrogens is 535 g/mol. The third-order valence-electron chi connectivity index (χ3n) is 4.60. The van der Waals surface area contributed by atoms with Crippen molar-refractivity contribution in [1.29, 1.82) is 0 Å². The predicted octanol–water partition coefficient (Wildman–Crippen LogP) is 3.10. The second kappa shape index (κ2) is 12.7. The number of nitrogens with zero attached hydrogens (tertiary/aromatic N) is 3. The Labute approximate surface area is 212 Å². The van der Waals surface area contributed by atoms with Crippen LogP contribution in [0.25, 0.3) is 0 Å². The van der Waals surface area contributed by atoms with Gasteiger partial charge in [0.2, 0.25) is 5.91 Å². The molecule has 1 aliphatic rings. The van der Waals surface area contributed by atoms with Crippen LogP contribution in [-0.2, 0) is 18.3 Å². The molecule has 2 aromatic rings. The quantitative estimate of drug-likeness (QED) is 0.205. The number of aryl methyl sites for hydroxylation is 2.